The molecule has 0 bridgehead atoms. The molecular weight excluding hydrogens is 148 g/mol. The van der Waals surface area contributed by atoms with E-state index in [1.807, 2.05) is 11.8 Å². The molecule has 10 heavy (non-hydrogen) atoms. The second kappa shape index (κ2) is 2.72. The first kappa shape index (κ1) is 6.95. The zero-order valence-electron chi connectivity index (χ0n) is 6.08. The molecule has 2 aliphatic heterocycles. The first-order valence-corrected chi connectivity index (χ1v) is 4.77. The molecular formula is C7H12O2S. The van der Waals surface area contributed by atoms with E-state index in [2.05, 4.69) is 6.92 Å². The van der Waals surface area contributed by atoms with Crippen LogP contribution in [0.2, 0.25) is 0 Å². The van der Waals surface area contributed by atoms with Gasteiger partial charge in [0.2, 0.25) is 0 Å². The third-order valence-electron chi connectivity index (χ3n) is 2.08. The van der Waals surface area contributed by atoms with Crippen molar-refractivity contribution in [2.24, 2.45) is 0 Å². The van der Waals surface area contributed by atoms with Gasteiger partial charge in [0.1, 0.15) is 0 Å². The Morgan fingerprint density at radius 2 is 2.10 bits per heavy atom. The molecule has 58 valence electrons. The minimum absolute atomic E-state index is 0.374. The predicted octanol–water partition coefficient (Wildman–Crippen LogP) is 0.906. The molecule has 2 rings (SSSR count). The molecule has 0 N–H and O–H groups in total. The highest BCUT2D eigenvalue weighted by Crippen LogP contribution is 2.32. The second-order valence-corrected chi connectivity index (χ2v) is 4.19. The van der Waals surface area contributed by atoms with Crippen LogP contribution in [-0.4, -0.2) is 36.4 Å². The Bertz CT molecular complexity index is 127. The lowest BCUT2D eigenvalue weighted by Crippen LogP contribution is -2.39. The Balaban J connectivity index is 2.01. The summed E-state index contributed by atoms with van der Waals surface area (Å²) < 4.78 is 11.1. The van der Waals surface area contributed by atoms with Gasteiger partial charge in [-0.2, -0.15) is 11.8 Å². The molecule has 2 fully saturated rings. The highest BCUT2D eigenvalue weighted by atomic mass is 32.2. The second-order valence-electron chi connectivity index (χ2n) is 2.78. The summed E-state index contributed by atoms with van der Waals surface area (Å²) in [6.45, 7) is 3.78. The van der Waals surface area contributed by atoms with Gasteiger partial charge in [-0.15, -0.1) is 0 Å². The Kier molecular flexibility index (Phi) is 1.89. The predicted molar refractivity (Wildman–Crippen MR) is 41.4 cm³/mol. The molecule has 0 amide bonds. The van der Waals surface area contributed by atoms with Crippen molar-refractivity contribution in [1.82, 2.24) is 0 Å². The van der Waals surface area contributed by atoms with Crippen molar-refractivity contribution < 1.29 is 9.47 Å². The lowest BCUT2D eigenvalue weighted by Gasteiger charge is -2.27. The maximum atomic E-state index is 5.57. The first-order valence-electron chi connectivity index (χ1n) is 3.73. The van der Waals surface area contributed by atoms with Gasteiger partial charge in [-0.3, -0.25) is 0 Å². The van der Waals surface area contributed by atoms with E-state index in [0.29, 0.717) is 17.5 Å². The number of hydrogen-bond acceptors (Lipinski definition) is 3. The molecule has 0 aromatic carbocycles. The lowest BCUT2D eigenvalue weighted by molar-refractivity contribution is -0.123. The Hall–Kier alpha value is 0.270. The molecule has 0 aromatic heterocycles. The van der Waals surface area contributed by atoms with Gasteiger partial charge in [0.05, 0.1) is 25.4 Å². The zero-order chi connectivity index (χ0) is 6.97. The molecule has 2 aliphatic rings. The van der Waals surface area contributed by atoms with Crippen LogP contribution in [-0.2, 0) is 9.47 Å². The van der Waals surface area contributed by atoms with Gasteiger partial charge in [-0.25, -0.2) is 0 Å². The molecule has 3 unspecified atom stereocenters. The highest BCUT2D eigenvalue weighted by molar-refractivity contribution is 8.00. The van der Waals surface area contributed by atoms with Crippen molar-refractivity contribution in [3.05, 3.63) is 0 Å². The average molecular weight is 160 g/mol. The van der Waals surface area contributed by atoms with Gasteiger partial charge < -0.3 is 9.47 Å². The van der Waals surface area contributed by atoms with Crippen LogP contribution >= 0.6 is 11.8 Å². The van der Waals surface area contributed by atoms with Crippen LogP contribution in [0.15, 0.2) is 0 Å². The van der Waals surface area contributed by atoms with Crippen molar-refractivity contribution in [1.29, 1.82) is 0 Å². The van der Waals surface area contributed by atoms with E-state index < -0.39 is 0 Å². The largest absolute Gasteiger partial charge is 0.372 e. The van der Waals surface area contributed by atoms with E-state index >= 15 is 0 Å². The molecule has 0 aliphatic carbocycles. The number of thioether (sulfide) groups is 1. The van der Waals surface area contributed by atoms with Crippen LogP contribution in [0.4, 0.5) is 0 Å². The van der Waals surface area contributed by atoms with Gasteiger partial charge in [-0.1, -0.05) is 6.92 Å². The molecule has 3 atom stereocenters. The van der Waals surface area contributed by atoms with E-state index in [-0.39, 0.29) is 0 Å². The maximum absolute atomic E-state index is 5.57. The fraction of sp³-hybridized carbons (Fsp3) is 1.00. The monoisotopic (exact) mass is 160 g/mol. The summed E-state index contributed by atoms with van der Waals surface area (Å²) >= 11 is 1.95. The summed E-state index contributed by atoms with van der Waals surface area (Å²) in [5, 5.41) is 0.630. The molecule has 2 nitrogen and oxygen atoms in total. The van der Waals surface area contributed by atoms with Crippen LogP contribution in [0.3, 0.4) is 0 Å². The van der Waals surface area contributed by atoms with Crippen LogP contribution in [0.5, 0.6) is 0 Å². The van der Waals surface area contributed by atoms with Gasteiger partial charge in [-0.05, 0) is 0 Å². The summed E-state index contributed by atoms with van der Waals surface area (Å²) in [6, 6.07) is 0. The fourth-order valence-electron chi connectivity index (χ4n) is 1.51. The molecule has 0 radical (unpaired) electrons. The minimum Gasteiger partial charge on any atom is -0.372 e. The highest BCUT2D eigenvalue weighted by Gasteiger charge is 2.37. The van der Waals surface area contributed by atoms with E-state index in [1.165, 1.54) is 0 Å². The molecule has 3 heteroatoms. The lowest BCUT2D eigenvalue weighted by atomic mass is 10.1. The number of fused-ring (bicyclic) bond motifs is 1. The van der Waals surface area contributed by atoms with Gasteiger partial charge in [0, 0.05) is 11.0 Å². The van der Waals surface area contributed by atoms with Gasteiger partial charge in [0.25, 0.3) is 0 Å². The molecule has 2 heterocycles. The summed E-state index contributed by atoms with van der Waals surface area (Å²) in [5.41, 5.74) is 0. The third kappa shape index (κ3) is 1.06. The van der Waals surface area contributed by atoms with Gasteiger partial charge >= 0.3 is 0 Å². The standard InChI is InChI=1S/C7H12O2S/c1-5-7-6(4-10-5)8-2-3-9-7/h5-7H,2-4H2,1H3. The van der Waals surface area contributed by atoms with Crippen LogP contribution in [0.1, 0.15) is 6.92 Å². The number of hydrogen-bond donors (Lipinski definition) is 0. The normalized spacial score (nSPS) is 47.1. The summed E-state index contributed by atoms with van der Waals surface area (Å²) in [4.78, 5) is 0. The van der Waals surface area contributed by atoms with E-state index in [4.69, 9.17) is 9.47 Å². The van der Waals surface area contributed by atoms with E-state index in [1.54, 1.807) is 0 Å². The molecule has 2 saturated heterocycles. The van der Waals surface area contributed by atoms with Gasteiger partial charge in [0.15, 0.2) is 0 Å². The number of ether oxygens (including phenoxy) is 2. The summed E-state index contributed by atoms with van der Waals surface area (Å²) in [7, 11) is 0. The topological polar surface area (TPSA) is 18.5 Å². The summed E-state index contributed by atoms with van der Waals surface area (Å²) in [6.07, 6.45) is 0.757. The minimum atomic E-state index is 0.374. The zero-order valence-corrected chi connectivity index (χ0v) is 6.89. The van der Waals surface area contributed by atoms with Crippen molar-refractivity contribution >= 4 is 11.8 Å². The maximum Gasteiger partial charge on any atom is 0.0961 e. The Morgan fingerprint density at radius 1 is 1.30 bits per heavy atom. The van der Waals surface area contributed by atoms with Crippen molar-refractivity contribution in [3.8, 4) is 0 Å². The Labute approximate surface area is 65.3 Å². The van der Waals surface area contributed by atoms with Crippen molar-refractivity contribution in [2.75, 3.05) is 19.0 Å². The van der Waals surface area contributed by atoms with Crippen molar-refractivity contribution in [3.63, 3.8) is 0 Å². The molecule has 0 spiro atoms. The Morgan fingerprint density at radius 3 is 2.90 bits per heavy atom. The molecule has 0 saturated carbocycles. The van der Waals surface area contributed by atoms with E-state index in [0.717, 1.165) is 19.0 Å². The quantitative estimate of drug-likeness (QED) is 0.524. The summed E-state index contributed by atoms with van der Waals surface area (Å²) in [5.74, 6) is 1.12. The van der Waals surface area contributed by atoms with Crippen LogP contribution < -0.4 is 0 Å². The van der Waals surface area contributed by atoms with E-state index in [9.17, 15) is 0 Å². The molecule has 0 aromatic rings. The average Bonchev–Trinajstić information content (AvgIpc) is 2.34. The van der Waals surface area contributed by atoms with Crippen LogP contribution in [0.25, 0.3) is 0 Å². The smallest absolute Gasteiger partial charge is 0.0961 e. The number of rotatable bonds is 0. The first-order chi connectivity index (χ1) is 4.88. The fourth-order valence-corrected chi connectivity index (χ4v) is 2.73. The SMILES string of the molecule is CC1SCC2OCCOC21. The van der Waals surface area contributed by atoms with Crippen molar-refractivity contribution in [2.45, 2.75) is 24.4 Å². The van der Waals surface area contributed by atoms with Crippen LogP contribution in [0, 0.1) is 0 Å². The third-order valence-corrected chi connectivity index (χ3v) is 3.39.